The van der Waals surface area contributed by atoms with Gasteiger partial charge in [0.05, 0.1) is 11.6 Å². The second-order valence-electron chi connectivity index (χ2n) is 5.28. The van der Waals surface area contributed by atoms with Crippen LogP contribution in [0.15, 0.2) is 58.2 Å². The van der Waals surface area contributed by atoms with Gasteiger partial charge in [-0.05, 0) is 42.8 Å². The van der Waals surface area contributed by atoms with Gasteiger partial charge >= 0.3 is 0 Å². The fraction of sp³-hybridized carbons (Fsp3) is 0.167. The molecule has 4 nitrogen and oxygen atoms in total. The third-order valence-electron chi connectivity index (χ3n) is 3.44. The van der Waals surface area contributed by atoms with Gasteiger partial charge in [0.1, 0.15) is 11.1 Å². The van der Waals surface area contributed by atoms with Crippen LogP contribution in [-0.4, -0.2) is 15.4 Å². The Morgan fingerprint density at radius 2 is 1.92 bits per heavy atom. The topological polar surface area (TPSA) is 62.7 Å². The van der Waals surface area contributed by atoms with Gasteiger partial charge in [-0.15, -0.1) is 10.2 Å². The number of halogens is 1. The SMILES string of the molecule is Cc1ccc(CC(C#N)Sc2nnc(-c3ccccc3F)o2)cc1. The van der Waals surface area contributed by atoms with E-state index in [1.807, 2.05) is 31.2 Å². The Labute approximate surface area is 143 Å². The smallest absolute Gasteiger partial charge is 0.278 e. The van der Waals surface area contributed by atoms with E-state index in [-0.39, 0.29) is 21.9 Å². The molecule has 1 unspecified atom stereocenters. The van der Waals surface area contributed by atoms with E-state index in [2.05, 4.69) is 16.3 Å². The maximum Gasteiger partial charge on any atom is 0.278 e. The predicted octanol–water partition coefficient (Wildman–Crippen LogP) is 4.41. The molecule has 0 aliphatic carbocycles. The second-order valence-corrected chi connectivity index (χ2v) is 6.43. The molecule has 0 radical (unpaired) electrons. The van der Waals surface area contributed by atoms with E-state index in [1.54, 1.807) is 18.2 Å². The molecular weight excluding hydrogens is 325 g/mol. The molecule has 3 aromatic rings. The summed E-state index contributed by atoms with van der Waals surface area (Å²) in [6, 6.07) is 16.5. The van der Waals surface area contributed by atoms with Crippen molar-refractivity contribution in [2.45, 2.75) is 23.8 Å². The standard InChI is InChI=1S/C18H14FN3OS/c1-12-6-8-13(9-7-12)10-14(11-20)24-18-22-21-17(23-18)15-4-2-3-5-16(15)19/h2-9,14H,10H2,1H3. The van der Waals surface area contributed by atoms with Crippen molar-refractivity contribution in [2.75, 3.05) is 0 Å². The highest BCUT2D eigenvalue weighted by molar-refractivity contribution is 7.99. The Balaban J connectivity index is 1.72. The Bertz CT molecular complexity index is 870. The van der Waals surface area contributed by atoms with Gasteiger partial charge in [-0.2, -0.15) is 5.26 Å². The lowest BCUT2D eigenvalue weighted by Crippen LogP contribution is -2.03. The molecule has 0 spiro atoms. The number of aryl methyl sites for hydroxylation is 1. The molecule has 6 heteroatoms. The average molecular weight is 339 g/mol. The first-order valence-electron chi connectivity index (χ1n) is 7.36. The van der Waals surface area contributed by atoms with Crippen LogP contribution in [0.1, 0.15) is 11.1 Å². The Kier molecular flexibility index (Phi) is 4.92. The number of nitriles is 1. The zero-order chi connectivity index (χ0) is 16.9. The lowest BCUT2D eigenvalue weighted by Gasteiger charge is -2.06. The van der Waals surface area contributed by atoms with Crippen molar-refractivity contribution < 1.29 is 8.81 Å². The minimum absolute atomic E-state index is 0.114. The van der Waals surface area contributed by atoms with Crippen LogP contribution in [0.25, 0.3) is 11.5 Å². The van der Waals surface area contributed by atoms with Crippen molar-refractivity contribution in [3.05, 3.63) is 65.5 Å². The highest BCUT2D eigenvalue weighted by Gasteiger charge is 2.17. The summed E-state index contributed by atoms with van der Waals surface area (Å²) in [4.78, 5) is 0. The fourth-order valence-electron chi connectivity index (χ4n) is 2.17. The summed E-state index contributed by atoms with van der Waals surface area (Å²) in [5.41, 5.74) is 2.49. The van der Waals surface area contributed by atoms with Gasteiger partial charge in [-0.25, -0.2) is 4.39 Å². The molecule has 0 aliphatic heterocycles. The fourth-order valence-corrected chi connectivity index (χ4v) is 2.96. The van der Waals surface area contributed by atoms with Gasteiger partial charge in [0.15, 0.2) is 0 Å². The van der Waals surface area contributed by atoms with Crippen molar-refractivity contribution in [1.29, 1.82) is 5.26 Å². The van der Waals surface area contributed by atoms with E-state index >= 15 is 0 Å². The summed E-state index contributed by atoms with van der Waals surface area (Å²) in [6.45, 7) is 2.02. The van der Waals surface area contributed by atoms with Crippen molar-refractivity contribution in [1.82, 2.24) is 10.2 Å². The van der Waals surface area contributed by atoms with E-state index in [1.165, 1.54) is 23.4 Å². The minimum atomic E-state index is -0.422. The van der Waals surface area contributed by atoms with E-state index in [0.29, 0.717) is 6.42 Å². The second kappa shape index (κ2) is 7.28. The van der Waals surface area contributed by atoms with Crippen molar-refractivity contribution in [3.63, 3.8) is 0 Å². The van der Waals surface area contributed by atoms with Crippen molar-refractivity contribution >= 4 is 11.8 Å². The van der Waals surface area contributed by atoms with Gasteiger partial charge < -0.3 is 4.42 Å². The van der Waals surface area contributed by atoms with Crippen LogP contribution in [0.4, 0.5) is 4.39 Å². The largest absolute Gasteiger partial charge is 0.411 e. The molecule has 0 amide bonds. The summed E-state index contributed by atoms with van der Waals surface area (Å²) < 4.78 is 19.2. The highest BCUT2D eigenvalue weighted by Crippen LogP contribution is 2.28. The summed E-state index contributed by atoms with van der Waals surface area (Å²) in [5, 5.41) is 17.0. The third kappa shape index (κ3) is 3.81. The molecule has 0 fully saturated rings. The minimum Gasteiger partial charge on any atom is -0.411 e. The summed E-state index contributed by atoms with van der Waals surface area (Å²) in [7, 11) is 0. The number of hydrogen-bond donors (Lipinski definition) is 0. The normalized spacial score (nSPS) is 11.9. The Morgan fingerprint density at radius 3 is 2.62 bits per heavy atom. The zero-order valence-electron chi connectivity index (χ0n) is 12.9. The van der Waals surface area contributed by atoms with Crippen LogP contribution in [-0.2, 0) is 6.42 Å². The van der Waals surface area contributed by atoms with Crippen molar-refractivity contribution in [3.8, 4) is 17.5 Å². The van der Waals surface area contributed by atoms with Crippen molar-refractivity contribution in [2.24, 2.45) is 0 Å². The zero-order valence-corrected chi connectivity index (χ0v) is 13.8. The predicted molar refractivity (Wildman–Crippen MR) is 89.8 cm³/mol. The molecule has 120 valence electrons. The van der Waals surface area contributed by atoms with Gasteiger partial charge in [0.2, 0.25) is 0 Å². The molecular formula is C18H14FN3OS. The van der Waals surface area contributed by atoms with Gasteiger partial charge in [-0.1, -0.05) is 42.0 Å². The molecule has 0 N–H and O–H groups in total. The number of nitrogens with zero attached hydrogens (tertiary/aromatic N) is 3. The molecule has 1 heterocycles. The summed E-state index contributed by atoms with van der Waals surface area (Å²) in [5.74, 6) is -0.309. The Hall–Kier alpha value is -2.65. The number of benzene rings is 2. The maximum atomic E-state index is 13.7. The maximum absolute atomic E-state index is 13.7. The summed E-state index contributed by atoms with van der Waals surface area (Å²) >= 11 is 1.19. The molecule has 1 atom stereocenters. The first-order chi connectivity index (χ1) is 11.7. The lowest BCUT2D eigenvalue weighted by atomic mass is 10.1. The monoisotopic (exact) mass is 339 g/mol. The third-order valence-corrected chi connectivity index (χ3v) is 4.36. The van der Waals surface area contributed by atoms with E-state index in [0.717, 1.165) is 5.56 Å². The summed E-state index contributed by atoms with van der Waals surface area (Å²) in [6.07, 6.45) is 0.568. The van der Waals surface area contributed by atoms with Crippen LogP contribution in [0, 0.1) is 24.1 Å². The Morgan fingerprint density at radius 1 is 1.17 bits per heavy atom. The van der Waals surface area contributed by atoms with Gasteiger partial charge in [0.25, 0.3) is 11.1 Å². The lowest BCUT2D eigenvalue weighted by molar-refractivity contribution is 0.462. The molecule has 0 bridgehead atoms. The molecule has 24 heavy (non-hydrogen) atoms. The van der Waals surface area contributed by atoms with Crippen LogP contribution in [0.5, 0.6) is 0 Å². The molecule has 3 rings (SSSR count). The van der Waals surface area contributed by atoms with E-state index < -0.39 is 5.82 Å². The van der Waals surface area contributed by atoms with Gasteiger partial charge in [0, 0.05) is 0 Å². The first-order valence-corrected chi connectivity index (χ1v) is 8.24. The molecule has 2 aromatic carbocycles. The highest BCUT2D eigenvalue weighted by atomic mass is 32.2. The van der Waals surface area contributed by atoms with Crippen LogP contribution < -0.4 is 0 Å². The van der Waals surface area contributed by atoms with E-state index in [4.69, 9.17) is 4.42 Å². The molecule has 1 aromatic heterocycles. The van der Waals surface area contributed by atoms with Gasteiger partial charge in [-0.3, -0.25) is 0 Å². The molecule has 0 aliphatic rings. The van der Waals surface area contributed by atoms with E-state index in [9.17, 15) is 9.65 Å². The molecule has 0 saturated heterocycles. The molecule has 0 saturated carbocycles. The number of hydrogen-bond acceptors (Lipinski definition) is 5. The van der Waals surface area contributed by atoms with Crippen LogP contribution >= 0.6 is 11.8 Å². The van der Waals surface area contributed by atoms with Crippen LogP contribution in [0.2, 0.25) is 0 Å². The average Bonchev–Trinajstić information content (AvgIpc) is 3.05. The number of aromatic nitrogens is 2. The number of thioether (sulfide) groups is 1. The number of rotatable bonds is 5. The van der Waals surface area contributed by atoms with Crippen LogP contribution in [0.3, 0.4) is 0 Å². The first kappa shape index (κ1) is 16.2. The quantitative estimate of drug-likeness (QED) is 0.644.